The van der Waals surface area contributed by atoms with Crippen molar-refractivity contribution in [2.24, 2.45) is 0 Å². The average Bonchev–Trinajstić information content (AvgIpc) is 3.49. The highest BCUT2D eigenvalue weighted by Crippen LogP contribution is 2.31. The number of hydrogen-bond donors (Lipinski definition) is 0. The maximum Gasteiger partial charge on any atom is 0.266 e. The fraction of sp³-hybridized carbons (Fsp3) is 0.292. The van der Waals surface area contributed by atoms with Crippen molar-refractivity contribution < 1.29 is 14.3 Å². The van der Waals surface area contributed by atoms with Crippen LogP contribution in [0.5, 0.6) is 11.5 Å². The predicted octanol–water partition coefficient (Wildman–Crippen LogP) is 4.57. The second-order valence-electron chi connectivity index (χ2n) is 7.29. The van der Waals surface area contributed by atoms with Gasteiger partial charge in [-0.05, 0) is 42.7 Å². The first-order chi connectivity index (χ1) is 15.7. The molecule has 8 heteroatoms. The van der Waals surface area contributed by atoms with Gasteiger partial charge in [0.15, 0.2) is 23.2 Å². The molecular weight excluding hydrogens is 424 g/mol. The van der Waals surface area contributed by atoms with Crippen LogP contribution in [0, 0.1) is 0 Å². The highest BCUT2D eigenvalue weighted by molar-refractivity contribution is 7.22. The number of aromatic nitrogens is 3. The number of hydrogen-bond acceptors (Lipinski definition) is 6. The molecule has 0 atom stereocenters. The van der Waals surface area contributed by atoms with Crippen LogP contribution in [0.1, 0.15) is 18.9 Å². The lowest BCUT2D eigenvalue weighted by molar-refractivity contribution is -0.120. The smallest absolute Gasteiger partial charge is 0.266 e. The van der Waals surface area contributed by atoms with Gasteiger partial charge in [0.2, 0.25) is 0 Å². The largest absolute Gasteiger partial charge is 0.493 e. The molecule has 0 aliphatic heterocycles. The van der Waals surface area contributed by atoms with E-state index in [1.54, 1.807) is 30.6 Å². The fourth-order valence-electron chi connectivity index (χ4n) is 3.41. The molecule has 0 aliphatic carbocycles. The summed E-state index contributed by atoms with van der Waals surface area (Å²) in [4.78, 5) is 23.8. The van der Waals surface area contributed by atoms with Gasteiger partial charge in [0.25, 0.3) is 5.91 Å². The van der Waals surface area contributed by atoms with E-state index in [0.29, 0.717) is 23.2 Å². The number of methoxy groups -OCH3 is 1. The number of ether oxygens (including phenoxy) is 2. The van der Waals surface area contributed by atoms with Crippen molar-refractivity contribution in [3.8, 4) is 11.5 Å². The van der Waals surface area contributed by atoms with Gasteiger partial charge in [0, 0.05) is 25.5 Å². The summed E-state index contributed by atoms with van der Waals surface area (Å²) in [5.74, 6) is 0.994. The zero-order chi connectivity index (χ0) is 22.3. The number of anilines is 1. The Kier molecular flexibility index (Phi) is 7.01. The number of aryl methyl sites for hydroxylation is 2. The quantitative estimate of drug-likeness (QED) is 0.354. The van der Waals surface area contributed by atoms with E-state index in [1.165, 1.54) is 16.9 Å². The Morgan fingerprint density at radius 3 is 2.78 bits per heavy atom. The zero-order valence-electron chi connectivity index (χ0n) is 18.2. The normalized spacial score (nSPS) is 10.9. The highest BCUT2D eigenvalue weighted by Gasteiger charge is 2.21. The van der Waals surface area contributed by atoms with Crippen molar-refractivity contribution in [2.75, 3.05) is 25.2 Å². The molecule has 2 heterocycles. The Morgan fingerprint density at radius 2 is 2.03 bits per heavy atom. The minimum absolute atomic E-state index is 0.0957. The molecule has 32 heavy (non-hydrogen) atoms. The fourth-order valence-corrected chi connectivity index (χ4v) is 4.48. The molecule has 7 nitrogen and oxygen atoms in total. The summed E-state index contributed by atoms with van der Waals surface area (Å²) in [6.07, 6.45) is 7.18. The van der Waals surface area contributed by atoms with Gasteiger partial charge in [-0.15, -0.1) is 0 Å². The molecule has 0 fully saturated rings. The van der Waals surface area contributed by atoms with Crippen molar-refractivity contribution in [1.82, 2.24) is 14.5 Å². The molecule has 4 rings (SSSR count). The maximum atomic E-state index is 13.2. The molecule has 0 N–H and O–H groups in total. The van der Waals surface area contributed by atoms with Crippen molar-refractivity contribution in [3.05, 3.63) is 66.7 Å². The Labute approximate surface area is 191 Å². The van der Waals surface area contributed by atoms with E-state index in [0.717, 1.165) is 29.6 Å². The van der Waals surface area contributed by atoms with Crippen LogP contribution in [-0.2, 0) is 17.8 Å². The van der Waals surface area contributed by atoms with E-state index in [4.69, 9.17) is 14.5 Å². The Bertz CT molecular complexity index is 1170. The summed E-state index contributed by atoms with van der Waals surface area (Å²) in [6, 6.07) is 13.6. The molecule has 0 radical (unpaired) electrons. The van der Waals surface area contributed by atoms with Gasteiger partial charge < -0.3 is 14.0 Å². The minimum atomic E-state index is -0.142. The number of para-hydroxylation sites is 2. The first-order valence-corrected chi connectivity index (χ1v) is 11.4. The van der Waals surface area contributed by atoms with Gasteiger partial charge in [-0.1, -0.05) is 36.5 Å². The molecule has 4 aromatic rings. The number of imidazole rings is 1. The third-order valence-corrected chi connectivity index (χ3v) is 6.20. The molecule has 2 aromatic carbocycles. The number of nitrogens with zero attached hydrogens (tertiary/aromatic N) is 4. The van der Waals surface area contributed by atoms with E-state index < -0.39 is 0 Å². The van der Waals surface area contributed by atoms with Crippen LogP contribution >= 0.6 is 11.3 Å². The average molecular weight is 451 g/mol. The number of amides is 1. The number of rotatable bonds is 10. The zero-order valence-corrected chi connectivity index (χ0v) is 19.0. The van der Waals surface area contributed by atoms with E-state index >= 15 is 0 Å². The predicted molar refractivity (Wildman–Crippen MR) is 127 cm³/mol. The lowest BCUT2D eigenvalue weighted by atomic mass is 10.2. The summed E-state index contributed by atoms with van der Waals surface area (Å²) in [6.45, 7) is 3.33. The highest BCUT2D eigenvalue weighted by atomic mass is 32.1. The van der Waals surface area contributed by atoms with Crippen LogP contribution in [0.2, 0.25) is 0 Å². The van der Waals surface area contributed by atoms with Crippen molar-refractivity contribution >= 4 is 32.6 Å². The first kappa shape index (κ1) is 21.8. The third kappa shape index (κ3) is 5.08. The van der Waals surface area contributed by atoms with Crippen LogP contribution in [0.3, 0.4) is 0 Å². The Balaban J connectivity index is 1.53. The Hall–Kier alpha value is -3.39. The van der Waals surface area contributed by atoms with Crippen LogP contribution in [0.4, 0.5) is 5.13 Å². The molecule has 1 amide bonds. The van der Waals surface area contributed by atoms with Gasteiger partial charge in [-0.25, -0.2) is 9.97 Å². The summed E-state index contributed by atoms with van der Waals surface area (Å²) >= 11 is 1.54. The first-order valence-electron chi connectivity index (χ1n) is 10.6. The molecule has 2 aromatic heterocycles. The van der Waals surface area contributed by atoms with E-state index in [-0.39, 0.29) is 12.5 Å². The third-order valence-electron chi connectivity index (χ3n) is 5.16. The van der Waals surface area contributed by atoms with Crippen molar-refractivity contribution in [3.63, 3.8) is 0 Å². The molecule has 0 saturated heterocycles. The summed E-state index contributed by atoms with van der Waals surface area (Å²) in [5, 5.41) is 0.688. The van der Waals surface area contributed by atoms with Crippen LogP contribution < -0.4 is 14.4 Å². The van der Waals surface area contributed by atoms with Gasteiger partial charge in [-0.2, -0.15) is 0 Å². The molecular formula is C24H26N4O3S. The molecule has 0 aliphatic rings. The van der Waals surface area contributed by atoms with Gasteiger partial charge in [-0.3, -0.25) is 9.69 Å². The SMILES string of the molecule is CCc1ccc2nc(N(CCCn3ccnc3)C(=O)COc3ccccc3OC)sc2c1. The molecule has 0 bridgehead atoms. The number of benzene rings is 2. The topological polar surface area (TPSA) is 69.5 Å². The van der Waals surface area contributed by atoms with Crippen LogP contribution in [0.25, 0.3) is 10.2 Å². The molecule has 166 valence electrons. The standard InChI is InChI=1S/C24H26N4O3S/c1-3-18-9-10-19-22(15-18)32-24(26-19)28(13-6-12-27-14-11-25-17-27)23(29)16-31-21-8-5-4-7-20(21)30-2/h4-5,7-11,14-15,17H,3,6,12-13,16H2,1-2H3. The number of fused-ring (bicyclic) bond motifs is 1. The Morgan fingerprint density at radius 1 is 1.19 bits per heavy atom. The number of carbonyl (C=O) groups excluding carboxylic acids is 1. The molecule has 0 saturated carbocycles. The van der Waals surface area contributed by atoms with E-state index in [9.17, 15) is 4.79 Å². The molecule has 0 spiro atoms. The van der Waals surface area contributed by atoms with Crippen molar-refractivity contribution in [2.45, 2.75) is 26.3 Å². The monoisotopic (exact) mass is 450 g/mol. The van der Waals surface area contributed by atoms with Crippen LogP contribution in [0.15, 0.2) is 61.2 Å². The number of carbonyl (C=O) groups is 1. The lowest BCUT2D eigenvalue weighted by Crippen LogP contribution is -2.36. The lowest BCUT2D eigenvalue weighted by Gasteiger charge is -2.20. The summed E-state index contributed by atoms with van der Waals surface area (Å²) in [7, 11) is 1.58. The van der Waals surface area contributed by atoms with E-state index in [2.05, 4.69) is 24.0 Å². The summed E-state index contributed by atoms with van der Waals surface area (Å²) in [5.41, 5.74) is 2.16. The second-order valence-corrected chi connectivity index (χ2v) is 8.30. The van der Waals surface area contributed by atoms with Gasteiger partial charge in [0.05, 0.1) is 23.7 Å². The summed E-state index contributed by atoms with van der Waals surface area (Å²) < 4.78 is 14.2. The van der Waals surface area contributed by atoms with Crippen molar-refractivity contribution in [1.29, 1.82) is 0 Å². The van der Waals surface area contributed by atoms with Crippen LogP contribution in [-0.4, -0.2) is 40.7 Å². The molecule has 0 unspecified atom stereocenters. The van der Waals surface area contributed by atoms with Gasteiger partial charge in [0.1, 0.15) is 0 Å². The number of thiazole rings is 1. The minimum Gasteiger partial charge on any atom is -0.493 e. The van der Waals surface area contributed by atoms with Gasteiger partial charge >= 0.3 is 0 Å². The second kappa shape index (κ2) is 10.3. The van der Waals surface area contributed by atoms with E-state index in [1.807, 2.05) is 35.0 Å². The maximum absolute atomic E-state index is 13.2.